The van der Waals surface area contributed by atoms with Crippen LogP contribution in [0.3, 0.4) is 0 Å². The second kappa shape index (κ2) is 27.3. The number of likely N-dealkylation sites (tertiary alicyclic amines) is 1. The van der Waals surface area contributed by atoms with E-state index in [2.05, 4.69) is 22.8 Å². The van der Waals surface area contributed by atoms with E-state index in [0.717, 1.165) is 12.8 Å². The summed E-state index contributed by atoms with van der Waals surface area (Å²) in [7, 11) is 8.65. The number of nitrogens with one attached hydrogen (secondary N) is 2. The zero-order valence-electron chi connectivity index (χ0n) is 42.6. The third kappa shape index (κ3) is 15.6. The van der Waals surface area contributed by atoms with Gasteiger partial charge in [-0.2, -0.15) is 5.10 Å². The maximum absolute atomic E-state index is 14.4. The molecular formula is C51H81N7O9. The predicted molar refractivity (Wildman–Crippen MR) is 259 cm³/mol. The lowest BCUT2D eigenvalue weighted by Crippen LogP contribution is -2.55. The highest BCUT2D eigenvalue weighted by atomic mass is 16.5. The van der Waals surface area contributed by atoms with Crippen molar-refractivity contribution in [3.8, 4) is 0 Å². The van der Waals surface area contributed by atoms with Gasteiger partial charge in [0.25, 0.3) is 11.8 Å². The van der Waals surface area contributed by atoms with Gasteiger partial charge in [-0.3, -0.25) is 43.4 Å². The summed E-state index contributed by atoms with van der Waals surface area (Å²) in [5, 5.41) is 7.54. The number of unbranched alkanes of at least 4 members (excludes halogenated alkanes) is 2. The van der Waals surface area contributed by atoms with Gasteiger partial charge in [-0.1, -0.05) is 91.6 Å². The summed E-state index contributed by atoms with van der Waals surface area (Å²) in [6.45, 7) is 16.4. The van der Waals surface area contributed by atoms with Crippen LogP contribution < -0.4 is 10.7 Å². The summed E-state index contributed by atoms with van der Waals surface area (Å²) >= 11 is 0. The van der Waals surface area contributed by atoms with Crippen molar-refractivity contribution in [3.63, 3.8) is 0 Å². The first-order valence-electron chi connectivity index (χ1n) is 24.3. The number of carbonyl (C=O) groups excluding carboxylic acids is 7. The van der Waals surface area contributed by atoms with E-state index in [0.29, 0.717) is 50.0 Å². The van der Waals surface area contributed by atoms with Crippen LogP contribution in [0.2, 0.25) is 0 Å². The van der Waals surface area contributed by atoms with Crippen LogP contribution in [0.25, 0.3) is 0 Å². The molecule has 2 N–H and O–H groups in total. The van der Waals surface area contributed by atoms with Crippen LogP contribution in [0.1, 0.15) is 119 Å². The van der Waals surface area contributed by atoms with Crippen molar-refractivity contribution in [3.05, 3.63) is 48.0 Å². The van der Waals surface area contributed by atoms with Gasteiger partial charge in [-0.25, -0.2) is 5.43 Å². The second-order valence-electron chi connectivity index (χ2n) is 19.4. The molecule has 2 aliphatic rings. The number of ether oxygens (including phenoxy) is 2. The number of methoxy groups -OCH3 is 2. The van der Waals surface area contributed by atoms with Gasteiger partial charge in [0.05, 0.1) is 54.4 Å². The van der Waals surface area contributed by atoms with Gasteiger partial charge in [-0.15, -0.1) is 0 Å². The van der Waals surface area contributed by atoms with Crippen LogP contribution in [0.5, 0.6) is 0 Å². The molecule has 9 atom stereocenters. The minimum Gasteiger partial charge on any atom is -0.379 e. The highest BCUT2D eigenvalue weighted by Crippen LogP contribution is 2.31. The molecule has 374 valence electrons. The minimum absolute atomic E-state index is 0.00988. The smallest absolute Gasteiger partial charge is 0.253 e. The molecule has 16 nitrogen and oxygen atoms in total. The van der Waals surface area contributed by atoms with Crippen molar-refractivity contribution < 1.29 is 43.0 Å². The van der Waals surface area contributed by atoms with Crippen LogP contribution in [-0.4, -0.2) is 151 Å². The first-order valence-corrected chi connectivity index (χ1v) is 24.3. The Morgan fingerprint density at radius 1 is 0.851 bits per heavy atom. The van der Waals surface area contributed by atoms with Gasteiger partial charge >= 0.3 is 0 Å². The molecule has 0 aliphatic carbocycles. The van der Waals surface area contributed by atoms with Crippen LogP contribution >= 0.6 is 0 Å². The van der Waals surface area contributed by atoms with Gasteiger partial charge in [0.2, 0.25) is 23.6 Å². The first-order chi connectivity index (χ1) is 31.7. The van der Waals surface area contributed by atoms with Gasteiger partial charge < -0.3 is 24.6 Å². The fourth-order valence-electron chi connectivity index (χ4n) is 9.77. The molecule has 2 heterocycles. The molecule has 1 aromatic rings. The topological polar surface area (TPSA) is 187 Å². The zero-order chi connectivity index (χ0) is 50.1. The number of hydrogen-bond donors (Lipinski definition) is 2. The Balaban J connectivity index is 1.72. The van der Waals surface area contributed by atoms with Crippen molar-refractivity contribution in [1.29, 1.82) is 0 Å². The van der Waals surface area contributed by atoms with E-state index < -0.39 is 42.2 Å². The molecular weight excluding hydrogens is 855 g/mol. The van der Waals surface area contributed by atoms with Crippen LogP contribution in [0.15, 0.2) is 47.6 Å². The summed E-state index contributed by atoms with van der Waals surface area (Å²) in [6.07, 6.45) is 5.38. The number of hydrazone groups is 1. The van der Waals surface area contributed by atoms with Crippen molar-refractivity contribution >= 4 is 46.9 Å². The molecule has 2 aliphatic heterocycles. The Kier molecular flexibility index (Phi) is 23.0. The average Bonchev–Trinajstić information content (AvgIpc) is 3.90. The minimum atomic E-state index is -0.687. The lowest BCUT2D eigenvalue weighted by Gasteiger charge is -2.41. The number of hydrogen-bond acceptors (Lipinski definition) is 11. The van der Waals surface area contributed by atoms with E-state index in [-0.39, 0.29) is 84.3 Å². The van der Waals surface area contributed by atoms with Gasteiger partial charge in [0.1, 0.15) is 0 Å². The summed E-state index contributed by atoms with van der Waals surface area (Å²) in [5.41, 5.74) is 3.80. The lowest BCUT2D eigenvalue weighted by atomic mass is 9.83. The van der Waals surface area contributed by atoms with Gasteiger partial charge in [0, 0.05) is 65.3 Å². The van der Waals surface area contributed by atoms with Crippen LogP contribution in [0, 0.1) is 29.6 Å². The molecule has 0 unspecified atom stereocenters. The Labute approximate surface area is 400 Å². The predicted octanol–water partition coefficient (Wildman–Crippen LogP) is 5.23. The lowest BCUT2D eigenvalue weighted by molar-refractivity contribution is -0.149. The maximum atomic E-state index is 14.4. The van der Waals surface area contributed by atoms with E-state index in [4.69, 9.17) is 9.47 Å². The largest absolute Gasteiger partial charge is 0.379 e. The number of likely N-dealkylation sites (N-methyl/N-ethyl adjacent to an activating group) is 2. The van der Waals surface area contributed by atoms with E-state index in [1.807, 2.05) is 83.9 Å². The Bertz CT molecular complexity index is 1860. The second-order valence-corrected chi connectivity index (χ2v) is 19.4. The molecule has 3 rings (SSSR count). The monoisotopic (exact) mass is 936 g/mol. The molecule has 0 radical (unpaired) electrons. The fraction of sp³-hybridized carbons (Fsp3) is 0.686. The van der Waals surface area contributed by atoms with E-state index >= 15 is 0 Å². The van der Waals surface area contributed by atoms with Crippen LogP contribution in [-0.2, 0) is 43.0 Å². The Hall–Kier alpha value is -4.80. The third-order valence-electron chi connectivity index (χ3n) is 13.6. The van der Waals surface area contributed by atoms with Crippen LogP contribution in [0.4, 0.5) is 0 Å². The molecule has 1 saturated heterocycles. The molecule has 1 aromatic carbocycles. The molecule has 0 spiro atoms. The zero-order valence-corrected chi connectivity index (χ0v) is 42.6. The summed E-state index contributed by atoms with van der Waals surface area (Å²) in [5.74, 6) is -2.79. The first kappa shape index (κ1) is 56.5. The van der Waals surface area contributed by atoms with E-state index in [9.17, 15) is 33.6 Å². The van der Waals surface area contributed by atoms with Crippen molar-refractivity contribution in [1.82, 2.24) is 30.3 Å². The van der Waals surface area contributed by atoms with Crippen molar-refractivity contribution in [2.75, 3.05) is 48.5 Å². The number of amides is 6. The molecule has 6 amide bonds. The van der Waals surface area contributed by atoms with E-state index in [1.165, 1.54) is 17.1 Å². The average molecular weight is 936 g/mol. The quantitative estimate of drug-likeness (QED) is 0.0488. The number of rotatable bonds is 28. The van der Waals surface area contributed by atoms with Crippen molar-refractivity contribution in [2.24, 2.45) is 34.7 Å². The van der Waals surface area contributed by atoms with Gasteiger partial charge in [-0.05, 0) is 70.0 Å². The summed E-state index contributed by atoms with van der Waals surface area (Å²) < 4.78 is 12.1. The Morgan fingerprint density at radius 3 is 2.04 bits per heavy atom. The number of imide groups is 1. The Morgan fingerprint density at radius 2 is 1.49 bits per heavy atom. The SMILES string of the molecule is CC[C@H](C)[C@@H]([C@@H](CC(=O)N1CCC[C@H]1[C@H](OC)[C@@H](C)C(=O)N[C@H](C)/C(=N\NC(=O)CCCCCN1C(=O)C=CC1=O)c1ccccc1)OC)N(C)C(=O)[C@@H](CC(=O)[C@H](C(C)C)N(C)C)C(C)C. The molecule has 0 saturated carbocycles. The molecule has 0 bridgehead atoms. The summed E-state index contributed by atoms with van der Waals surface area (Å²) in [6, 6.07) is 7.46. The number of ketones is 1. The molecule has 1 fully saturated rings. The number of nitrogens with zero attached hydrogens (tertiary/aromatic N) is 5. The normalized spacial score (nSPS) is 19.0. The van der Waals surface area contributed by atoms with Gasteiger partial charge in [0.15, 0.2) is 5.78 Å². The highest BCUT2D eigenvalue weighted by Gasteiger charge is 2.43. The highest BCUT2D eigenvalue weighted by molar-refractivity contribution is 6.12. The fourth-order valence-corrected chi connectivity index (χ4v) is 9.77. The number of carbonyl (C=O) groups is 7. The molecule has 67 heavy (non-hydrogen) atoms. The number of benzene rings is 1. The molecule has 0 aromatic heterocycles. The summed E-state index contributed by atoms with van der Waals surface area (Å²) in [4.78, 5) is 99.6. The third-order valence-corrected chi connectivity index (χ3v) is 13.6. The maximum Gasteiger partial charge on any atom is 0.253 e. The van der Waals surface area contributed by atoms with E-state index in [1.54, 1.807) is 44.9 Å². The molecule has 16 heteroatoms. The number of Topliss-reactive ketones (excluding diaryl/α,β-unsaturated/α-hetero) is 1. The standard InChI is InChI=1S/C51H81N7O9/c1-14-34(6)48(56(11)51(65)38(32(2)3)30-40(59)47(33(4)5)55(9)10)41(66-12)31-45(63)57-29-21-24-39(57)49(67-13)35(7)50(64)52-36(8)46(37-22-17-15-18-23-37)54-53-42(60)25-19-16-20-28-58-43(61)26-27-44(58)62/h15,17-18,22-23,26-27,32-36,38-39,41,47-49H,14,16,19-21,24-25,28-31H2,1-13H3,(H,52,64)(H,53,60)/b54-46+/t34-,35+,36+,38-,39-,41+,47-,48-,49+/m0/s1. The van der Waals surface area contributed by atoms with Crippen molar-refractivity contribution in [2.45, 2.75) is 150 Å².